The summed E-state index contributed by atoms with van der Waals surface area (Å²) in [6.07, 6.45) is 2.53. The number of nitrogens with one attached hydrogen (secondary N) is 1. The van der Waals surface area contributed by atoms with Gasteiger partial charge in [-0.15, -0.1) is 0 Å². The van der Waals surface area contributed by atoms with Crippen LogP contribution in [-0.2, 0) is 4.74 Å². The van der Waals surface area contributed by atoms with Gasteiger partial charge in [0.2, 0.25) is 5.95 Å². The van der Waals surface area contributed by atoms with Gasteiger partial charge in [0.25, 0.3) is 0 Å². The molecular formula is C13H19IN4O. The molecule has 1 saturated heterocycles. The lowest BCUT2D eigenvalue weighted by Crippen LogP contribution is -2.37. The number of halogens is 1. The fourth-order valence-electron chi connectivity index (χ4n) is 2.27. The topological polar surface area (TPSA) is 50.3 Å². The van der Waals surface area contributed by atoms with E-state index < -0.39 is 0 Å². The average Bonchev–Trinajstić information content (AvgIpc) is 3.27. The zero-order valence-electron chi connectivity index (χ0n) is 11.2. The molecule has 1 aliphatic carbocycles. The molecule has 0 spiro atoms. The summed E-state index contributed by atoms with van der Waals surface area (Å²) < 4.78 is 6.59. The van der Waals surface area contributed by atoms with E-state index in [9.17, 15) is 0 Å². The first-order valence-electron chi connectivity index (χ1n) is 6.93. The Balaban J connectivity index is 1.93. The van der Waals surface area contributed by atoms with Gasteiger partial charge in [0.05, 0.1) is 22.5 Å². The lowest BCUT2D eigenvalue weighted by Gasteiger charge is -2.27. The van der Waals surface area contributed by atoms with Crippen LogP contribution in [0.1, 0.15) is 31.4 Å². The Morgan fingerprint density at radius 3 is 2.68 bits per heavy atom. The first kappa shape index (κ1) is 13.4. The van der Waals surface area contributed by atoms with Gasteiger partial charge in [0.1, 0.15) is 5.82 Å². The van der Waals surface area contributed by atoms with Crippen molar-refractivity contribution in [2.24, 2.45) is 0 Å². The monoisotopic (exact) mass is 374 g/mol. The molecule has 1 aromatic heterocycles. The van der Waals surface area contributed by atoms with E-state index in [-0.39, 0.29) is 0 Å². The fraction of sp³-hybridized carbons (Fsp3) is 0.692. The third kappa shape index (κ3) is 2.94. The Labute approximate surface area is 127 Å². The Hall–Kier alpha value is -0.630. The summed E-state index contributed by atoms with van der Waals surface area (Å²) in [4.78, 5) is 11.7. The van der Waals surface area contributed by atoms with Gasteiger partial charge in [-0.05, 0) is 42.4 Å². The molecule has 5 nitrogen and oxygen atoms in total. The first-order valence-corrected chi connectivity index (χ1v) is 8.01. The Kier molecular flexibility index (Phi) is 4.07. The molecule has 0 unspecified atom stereocenters. The Bertz CT molecular complexity index is 458. The highest BCUT2D eigenvalue weighted by molar-refractivity contribution is 14.1. The maximum absolute atomic E-state index is 5.40. The zero-order valence-corrected chi connectivity index (χ0v) is 13.3. The second kappa shape index (κ2) is 5.78. The molecule has 2 heterocycles. The number of nitrogens with zero attached hydrogens (tertiary/aromatic N) is 3. The predicted molar refractivity (Wildman–Crippen MR) is 83.9 cm³/mol. The van der Waals surface area contributed by atoms with Gasteiger partial charge >= 0.3 is 0 Å². The molecule has 1 N–H and O–H groups in total. The molecule has 0 atom stereocenters. The lowest BCUT2D eigenvalue weighted by molar-refractivity contribution is 0.122. The fourth-order valence-corrected chi connectivity index (χ4v) is 3.14. The van der Waals surface area contributed by atoms with Crippen molar-refractivity contribution in [3.05, 3.63) is 9.26 Å². The van der Waals surface area contributed by atoms with Gasteiger partial charge in [-0.2, -0.15) is 4.98 Å². The van der Waals surface area contributed by atoms with Crippen LogP contribution in [0.4, 0.5) is 11.8 Å². The molecule has 6 heteroatoms. The molecule has 0 aromatic carbocycles. The summed E-state index contributed by atoms with van der Waals surface area (Å²) in [6, 6.07) is 0. The van der Waals surface area contributed by atoms with Crippen LogP contribution in [0.5, 0.6) is 0 Å². The van der Waals surface area contributed by atoms with Crippen molar-refractivity contribution in [1.82, 2.24) is 9.97 Å². The summed E-state index contributed by atoms with van der Waals surface area (Å²) in [5, 5.41) is 3.36. The van der Waals surface area contributed by atoms with Crippen molar-refractivity contribution in [3.8, 4) is 0 Å². The largest absolute Gasteiger partial charge is 0.378 e. The van der Waals surface area contributed by atoms with E-state index in [4.69, 9.17) is 14.7 Å². The van der Waals surface area contributed by atoms with Crippen molar-refractivity contribution in [3.63, 3.8) is 0 Å². The molecular weight excluding hydrogens is 355 g/mol. The molecule has 0 bridgehead atoms. The second-order valence-corrected chi connectivity index (χ2v) is 6.05. The van der Waals surface area contributed by atoms with E-state index >= 15 is 0 Å². The van der Waals surface area contributed by atoms with Gasteiger partial charge in [-0.1, -0.05) is 0 Å². The van der Waals surface area contributed by atoms with E-state index in [1.165, 1.54) is 22.1 Å². The van der Waals surface area contributed by atoms with Crippen LogP contribution in [0.15, 0.2) is 0 Å². The molecule has 2 aliphatic rings. The minimum absolute atomic E-state index is 0.645. The summed E-state index contributed by atoms with van der Waals surface area (Å²) in [5.41, 5.74) is 1.23. The van der Waals surface area contributed by atoms with E-state index in [0.717, 1.165) is 44.6 Å². The van der Waals surface area contributed by atoms with Crippen molar-refractivity contribution in [2.45, 2.75) is 25.7 Å². The van der Waals surface area contributed by atoms with Crippen LogP contribution < -0.4 is 10.2 Å². The van der Waals surface area contributed by atoms with Crippen molar-refractivity contribution < 1.29 is 4.74 Å². The van der Waals surface area contributed by atoms with Gasteiger partial charge < -0.3 is 15.0 Å². The van der Waals surface area contributed by atoms with E-state index in [1.54, 1.807) is 0 Å². The smallest absolute Gasteiger partial charge is 0.227 e. The van der Waals surface area contributed by atoms with E-state index in [0.29, 0.717) is 5.92 Å². The van der Waals surface area contributed by atoms with Gasteiger partial charge in [0.15, 0.2) is 0 Å². The quantitative estimate of drug-likeness (QED) is 0.820. The highest BCUT2D eigenvalue weighted by Gasteiger charge is 2.30. The molecule has 1 aliphatic heterocycles. The number of hydrogen-bond donors (Lipinski definition) is 1. The minimum Gasteiger partial charge on any atom is -0.378 e. The molecule has 2 fully saturated rings. The molecule has 0 amide bonds. The normalized spacial score (nSPS) is 19.6. The van der Waals surface area contributed by atoms with Crippen molar-refractivity contribution in [2.75, 3.05) is 43.1 Å². The van der Waals surface area contributed by atoms with Gasteiger partial charge in [-0.3, -0.25) is 0 Å². The zero-order chi connectivity index (χ0) is 13.2. The summed E-state index contributed by atoms with van der Waals surface area (Å²) in [6.45, 7) is 6.30. The van der Waals surface area contributed by atoms with Crippen molar-refractivity contribution >= 4 is 34.4 Å². The van der Waals surface area contributed by atoms with Crippen LogP contribution in [0.3, 0.4) is 0 Å². The number of ether oxygens (including phenoxy) is 1. The summed E-state index contributed by atoms with van der Waals surface area (Å²) in [5.74, 6) is 2.50. The molecule has 0 radical (unpaired) electrons. The predicted octanol–water partition coefficient (Wildman–Crippen LogP) is 2.23. The number of anilines is 2. The lowest BCUT2D eigenvalue weighted by atomic mass is 10.2. The highest BCUT2D eigenvalue weighted by Crippen LogP contribution is 2.42. The Morgan fingerprint density at radius 2 is 2.05 bits per heavy atom. The maximum atomic E-state index is 5.40. The van der Waals surface area contributed by atoms with Crippen LogP contribution >= 0.6 is 22.6 Å². The molecule has 104 valence electrons. The van der Waals surface area contributed by atoms with Crippen molar-refractivity contribution in [1.29, 1.82) is 0 Å². The second-order valence-electron chi connectivity index (χ2n) is 4.98. The molecule has 1 aromatic rings. The van der Waals surface area contributed by atoms with Gasteiger partial charge in [-0.25, -0.2) is 4.98 Å². The van der Waals surface area contributed by atoms with Crippen LogP contribution in [0.25, 0.3) is 0 Å². The molecule has 19 heavy (non-hydrogen) atoms. The molecule has 1 saturated carbocycles. The van der Waals surface area contributed by atoms with Crippen LogP contribution in [0.2, 0.25) is 0 Å². The average molecular weight is 374 g/mol. The minimum atomic E-state index is 0.645. The third-order valence-electron chi connectivity index (χ3n) is 3.47. The number of hydrogen-bond acceptors (Lipinski definition) is 5. The van der Waals surface area contributed by atoms with Gasteiger partial charge in [0, 0.05) is 25.6 Å². The van der Waals surface area contributed by atoms with E-state index in [2.05, 4.69) is 39.7 Å². The number of morpholine rings is 1. The number of aromatic nitrogens is 2. The standard InChI is InChI=1S/C13H19IN4O/c1-2-15-12-10(14)11(9-3-4-9)16-13(17-12)18-5-7-19-8-6-18/h9H,2-8H2,1H3,(H,15,16,17). The SMILES string of the molecule is CCNc1nc(N2CCOCC2)nc(C2CC2)c1I. The van der Waals surface area contributed by atoms with E-state index in [1.807, 2.05) is 0 Å². The summed E-state index contributed by atoms with van der Waals surface area (Å²) >= 11 is 2.38. The maximum Gasteiger partial charge on any atom is 0.227 e. The third-order valence-corrected chi connectivity index (χ3v) is 4.53. The Morgan fingerprint density at radius 1 is 1.32 bits per heavy atom. The first-order chi connectivity index (χ1) is 9.29. The summed E-state index contributed by atoms with van der Waals surface area (Å²) in [7, 11) is 0. The molecule has 3 rings (SSSR count). The van der Waals surface area contributed by atoms with Crippen LogP contribution in [0, 0.1) is 3.57 Å². The number of rotatable bonds is 4. The van der Waals surface area contributed by atoms with Crippen LogP contribution in [-0.4, -0.2) is 42.8 Å². The highest BCUT2D eigenvalue weighted by atomic mass is 127.